The van der Waals surface area contributed by atoms with E-state index in [2.05, 4.69) is 71.0 Å². The molecule has 1 atom stereocenters. The van der Waals surface area contributed by atoms with E-state index in [0.717, 1.165) is 38.5 Å². The van der Waals surface area contributed by atoms with Gasteiger partial charge in [-0.05, 0) is 48.7 Å². The zero-order valence-corrected chi connectivity index (χ0v) is 16.6. The second kappa shape index (κ2) is 7.80. The summed E-state index contributed by atoms with van der Waals surface area (Å²) in [7, 11) is 0. The highest BCUT2D eigenvalue weighted by atomic mass is 15.6. The lowest BCUT2D eigenvalue weighted by Gasteiger charge is -2.40. The largest absolute Gasteiger partial charge is 0.296 e. The molecule has 0 spiro atoms. The standard InChI is InChI=1S/C19H31N7/c1-15(2)17(18-21-22-23-26(18)19(3,4)5)25-11-9-24(10-12-25)14-16-7-6-8-20-13-16/h6-8,13,15,17H,9-12,14H2,1-5H3/t17-/m1/s1. The minimum Gasteiger partial charge on any atom is -0.296 e. The summed E-state index contributed by atoms with van der Waals surface area (Å²) in [4.78, 5) is 9.26. The SMILES string of the molecule is CC(C)[C@H](c1nnnn1C(C)(C)C)N1CCN(Cc2cccnc2)CC1. The van der Waals surface area contributed by atoms with E-state index in [4.69, 9.17) is 0 Å². The zero-order chi connectivity index (χ0) is 18.7. The molecule has 1 saturated heterocycles. The van der Waals surface area contributed by atoms with Gasteiger partial charge in [-0.2, -0.15) is 0 Å². The Hall–Kier alpha value is -1.86. The molecule has 0 amide bonds. The van der Waals surface area contributed by atoms with Crippen molar-refractivity contribution in [2.24, 2.45) is 5.92 Å². The molecule has 3 heterocycles. The Morgan fingerprint density at radius 2 is 1.85 bits per heavy atom. The third-order valence-electron chi connectivity index (χ3n) is 4.95. The first-order valence-electron chi connectivity index (χ1n) is 9.50. The summed E-state index contributed by atoms with van der Waals surface area (Å²) in [5, 5.41) is 12.6. The average Bonchev–Trinajstić information content (AvgIpc) is 3.07. The molecule has 26 heavy (non-hydrogen) atoms. The van der Waals surface area contributed by atoms with E-state index in [1.165, 1.54) is 5.56 Å². The minimum absolute atomic E-state index is 0.117. The van der Waals surface area contributed by atoms with Gasteiger partial charge in [0.25, 0.3) is 0 Å². The lowest BCUT2D eigenvalue weighted by atomic mass is 9.99. The minimum atomic E-state index is -0.117. The van der Waals surface area contributed by atoms with Gasteiger partial charge >= 0.3 is 0 Å². The Morgan fingerprint density at radius 1 is 1.12 bits per heavy atom. The summed E-state index contributed by atoms with van der Waals surface area (Å²) in [5.41, 5.74) is 1.16. The summed E-state index contributed by atoms with van der Waals surface area (Å²) >= 11 is 0. The fourth-order valence-corrected chi connectivity index (χ4v) is 3.69. The molecule has 0 aliphatic carbocycles. The number of hydrogen-bond acceptors (Lipinski definition) is 6. The molecule has 3 rings (SSSR count). The summed E-state index contributed by atoms with van der Waals surface area (Å²) in [5.74, 6) is 1.43. The van der Waals surface area contributed by atoms with Gasteiger partial charge in [0, 0.05) is 45.1 Å². The van der Waals surface area contributed by atoms with Gasteiger partial charge in [0.1, 0.15) is 0 Å². The second-order valence-electron chi connectivity index (χ2n) is 8.48. The van der Waals surface area contributed by atoms with Crippen molar-refractivity contribution in [3.05, 3.63) is 35.9 Å². The van der Waals surface area contributed by atoms with E-state index in [1.807, 2.05) is 23.1 Å². The molecule has 0 unspecified atom stereocenters. The second-order valence-corrected chi connectivity index (χ2v) is 8.48. The smallest absolute Gasteiger partial charge is 0.169 e. The molecule has 2 aromatic rings. The van der Waals surface area contributed by atoms with E-state index >= 15 is 0 Å². The van der Waals surface area contributed by atoms with E-state index in [0.29, 0.717) is 5.92 Å². The van der Waals surface area contributed by atoms with Crippen LogP contribution in [-0.4, -0.2) is 61.2 Å². The topological polar surface area (TPSA) is 63.0 Å². The highest BCUT2D eigenvalue weighted by Crippen LogP contribution is 2.30. The van der Waals surface area contributed by atoms with Gasteiger partial charge < -0.3 is 0 Å². The number of hydrogen-bond donors (Lipinski definition) is 0. The number of tetrazole rings is 1. The number of nitrogens with zero attached hydrogens (tertiary/aromatic N) is 7. The van der Waals surface area contributed by atoms with Crippen LogP contribution in [0.5, 0.6) is 0 Å². The van der Waals surface area contributed by atoms with Crippen molar-refractivity contribution >= 4 is 0 Å². The van der Waals surface area contributed by atoms with Crippen molar-refractivity contribution in [2.75, 3.05) is 26.2 Å². The van der Waals surface area contributed by atoms with Crippen LogP contribution in [0.4, 0.5) is 0 Å². The molecule has 1 fully saturated rings. The Kier molecular flexibility index (Phi) is 5.67. The average molecular weight is 358 g/mol. The molecule has 7 nitrogen and oxygen atoms in total. The molecule has 7 heteroatoms. The highest BCUT2D eigenvalue weighted by Gasteiger charge is 2.33. The van der Waals surface area contributed by atoms with Crippen LogP contribution in [0, 0.1) is 5.92 Å². The highest BCUT2D eigenvalue weighted by molar-refractivity contribution is 5.08. The van der Waals surface area contributed by atoms with Gasteiger partial charge in [0.05, 0.1) is 11.6 Å². The van der Waals surface area contributed by atoms with Gasteiger partial charge in [0.15, 0.2) is 5.82 Å². The van der Waals surface area contributed by atoms with E-state index in [1.54, 1.807) is 0 Å². The molecule has 142 valence electrons. The van der Waals surface area contributed by atoms with Crippen LogP contribution in [0.25, 0.3) is 0 Å². The normalized spacial score (nSPS) is 18.4. The molecule has 0 N–H and O–H groups in total. The van der Waals surface area contributed by atoms with Gasteiger partial charge in [-0.25, -0.2) is 4.68 Å². The van der Waals surface area contributed by atoms with Crippen molar-refractivity contribution in [1.82, 2.24) is 35.0 Å². The van der Waals surface area contributed by atoms with Crippen molar-refractivity contribution in [2.45, 2.75) is 52.7 Å². The van der Waals surface area contributed by atoms with E-state index in [-0.39, 0.29) is 11.6 Å². The van der Waals surface area contributed by atoms with Crippen LogP contribution in [0.3, 0.4) is 0 Å². The maximum Gasteiger partial charge on any atom is 0.169 e. The molecule has 0 radical (unpaired) electrons. The fourth-order valence-electron chi connectivity index (χ4n) is 3.69. The van der Waals surface area contributed by atoms with Crippen LogP contribution in [0.15, 0.2) is 24.5 Å². The maximum absolute atomic E-state index is 4.40. The van der Waals surface area contributed by atoms with Gasteiger partial charge in [-0.1, -0.05) is 19.9 Å². The summed E-state index contributed by atoms with van der Waals surface area (Å²) in [6.45, 7) is 16.1. The van der Waals surface area contributed by atoms with Crippen molar-refractivity contribution in [1.29, 1.82) is 0 Å². The van der Waals surface area contributed by atoms with E-state index < -0.39 is 0 Å². The van der Waals surface area contributed by atoms with Gasteiger partial charge in [0.2, 0.25) is 0 Å². The third-order valence-corrected chi connectivity index (χ3v) is 4.95. The molecule has 1 aliphatic heterocycles. The molecule has 0 aromatic carbocycles. The Balaban J connectivity index is 1.69. The van der Waals surface area contributed by atoms with E-state index in [9.17, 15) is 0 Å². The van der Waals surface area contributed by atoms with Crippen LogP contribution >= 0.6 is 0 Å². The van der Waals surface area contributed by atoms with Crippen molar-refractivity contribution in [3.8, 4) is 0 Å². The molecule has 0 bridgehead atoms. The first kappa shape index (κ1) is 18.9. The Morgan fingerprint density at radius 3 is 2.42 bits per heavy atom. The summed E-state index contributed by atoms with van der Waals surface area (Å²) < 4.78 is 1.99. The van der Waals surface area contributed by atoms with Crippen molar-refractivity contribution < 1.29 is 0 Å². The molecule has 1 aliphatic rings. The maximum atomic E-state index is 4.40. The monoisotopic (exact) mass is 357 g/mol. The number of aromatic nitrogens is 5. The Bertz CT molecular complexity index is 681. The zero-order valence-electron chi connectivity index (χ0n) is 16.6. The van der Waals surface area contributed by atoms with Gasteiger partial charge in [-0.15, -0.1) is 5.10 Å². The lowest BCUT2D eigenvalue weighted by Crippen LogP contribution is -2.49. The fraction of sp³-hybridized carbons (Fsp3) is 0.684. The first-order chi connectivity index (χ1) is 12.4. The van der Waals surface area contributed by atoms with Crippen LogP contribution in [-0.2, 0) is 12.1 Å². The molecular weight excluding hydrogens is 326 g/mol. The lowest BCUT2D eigenvalue weighted by molar-refractivity contribution is 0.0638. The Labute approximate surface area is 156 Å². The quantitative estimate of drug-likeness (QED) is 0.818. The predicted molar refractivity (Wildman–Crippen MR) is 101 cm³/mol. The molecule has 0 saturated carbocycles. The molecule has 2 aromatic heterocycles. The first-order valence-corrected chi connectivity index (χ1v) is 9.50. The van der Waals surface area contributed by atoms with Crippen molar-refractivity contribution in [3.63, 3.8) is 0 Å². The summed E-state index contributed by atoms with van der Waals surface area (Å²) in [6.07, 6.45) is 3.79. The number of rotatable bonds is 5. The van der Waals surface area contributed by atoms with Crippen LogP contribution in [0.2, 0.25) is 0 Å². The van der Waals surface area contributed by atoms with Crippen LogP contribution < -0.4 is 0 Å². The summed E-state index contributed by atoms with van der Waals surface area (Å²) in [6, 6.07) is 4.39. The number of pyridine rings is 1. The third kappa shape index (κ3) is 4.27. The number of piperazine rings is 1. The van der Waals surface area contributed by atoms with Gasteiger partial charge in [-0.3, -0.25) is 14.8 Å². The van der Waals surface area contributed by atoms with Crippen LogP contribution in [0.1, 0.15) is 52.0 Å². The predicted octanol–water partition coefficient (Wildman–Crippen LogP) is 2.34. The molecular formula is C19H31N7.